The fourth-order valence-corrected chi connectivity index (χ4v) is 0.456. The Hall–Kier alpha value is -1.65. The van der Waals surface area contributed by atoms with Gasteiger partial charge >= 0.3 is 16.1 Å². The molecule has 0 amide bonds. The van der Waals surface area contributed by atoms with Crippen LogP contribution in [0.1, 0.15) is 0 Å². The van der Waals surface area contributed by atoms with Gasteiger partial charge in [0, 0.05) is 0 Å². The number of aromatic amines is 2. The van der Waals surface area contributed by atoms with Gasteiger partial charge in [-0.3, -0.25) is 23.9 Å². The first-order valence-electron chi connectivity index (χ1n) is 2.91. The maximum Gasteiger partial charge on any atom is 0.394 e. The lowest BCUT2D eigenvalue weighted by molar-refractivity contribution is 0.381. The number of aromatic hydroxyl groups is 1. The van der Waals surface area contributed by atoms with Crippen LogP contribution in [0.3, 0.4) is 0 Å². The van der Waals surface area contributed by atoms with Gasteiger partial charge < -0.3 is 5.11 Å². The number of rotatable bonds is 0. The van der Waals surface area contributed by atoms with Crippen LogP contribution in [0, 0.1) is 0 Å². The Morgan fingerprint density at radius 1 is 1.14 bits per heavy atom. The van der Waals surface area contributed by atoms with E-state index in [1.807, 2.05) is 9.97 Å². The number of hydrogen-bond donors (Lipinski definition) is 5. The van der Waals surface area contributed by atoms with Gasteiger partial charge in [-0.15, -0.1) is 0 Å². The highest BCUT2D eigenvalue weighted by molar-refractivity contribution is 7.79. The number of H-pyrrole nitrogens is 2. The van der Waals surface area contributed by atoms with Crippen LogP contribution < -0.4 is 11.2 Å². The van der Waals surface area contributed by atoms with Crippen LogP contribution in [0.25, 0.3) is 0 Å². The summed E-state index contributed by atoms with van der Waals surface area (Å²) in [5.74, 6) is -0.427. The summed E-state index contributed by atoms with van der Waals surface area (Å²) in [5, 5.41) is 8.52. The average molecular weight is 226 g/mol. The van der Waals surface area contributed by atoms with Crippen LogP contribution in [-0.4, -0.2) is 32.6 Å². The minimum Gasteiger partial charge on any atom is -0.494 e. The van der Waals surface area contributed by atoms with Gasteiger partial charge in [-0.2, -0.15) is 8.42 Å². The topological polar surface area (TPSA) is 161 Å². The van der Waals surface area contributed by atoms with Crippen molar-refractivity contribution >= 4 is 10.4 Å². The molecule has 0 unspecified atom stereocenters. The molecule has 10 heteroatoms. The van der Waals surface area contributed by atoms with E-state index >= 15 is 0 Å². The molecule has 0 fully saturated rings. The fourth-order valence-electron chi connectivity index (χ4n) is 0.456. The Balaban J connectivity index is 0.000000292. The van der Waals surface area contributed by atoms with E-state index in [1.165, 1.54) is 0 Å². The average Bonchev–Trinajstić information content (AvgIpc) is 1.77. The summed E-state index contributed by atoms with van der Waals surface area (Å²) in [6, 6.07) is 0.876. The van der Waals surface area contributed by atoms with Crippen molar-refractivity contribution in [2.45, 2.75) is 0 Å². The summed E-state index contributed by atoms with van der Waals surface area (Å²) in [5.41, 5.74) is -1.32. The van der Waals surface area contributed by atoms with Gasteiger partial charge in [0.1, 0.15) is 0 Å². The molecular formula is C4H6N2O7S. The molecule has 80 valence electrons. The van der Waals surface area contributed by atoms with Gasteiger partial charge in [0.05, 0.1) is 6.07 Å². The second-order valence-electron chi connectivity index (χ2n) is 1.92. The van der Waals surface area contributed by atoms with E-state index < -0.39 is 27.5 Å². The zero-order valence-corrected chi connectivity index (χ0v) is 7.28. The summed E-state index contributed by atoms with van der Waals surface area (Å²) in [6.45, 7) is 0. The van der Waals surface area contributed by atoms with Crippen molar-refractivity contribution < 1.29 is 22.6 Å². The second-order valence-corrected chi connectivity index (χ2v) is 2.82. The van der Waals surface area contributed by atoms with Crippen LogP contribution in [0.15, 0.2) is 15.7 Å². The van der Waals surface area contributed by atoms with Gasteiger partial charge in [0.2, 0.25) is 0 Å². The van der Waals surface area contributed by atoms with Gasteiger partial charge in [-0.25, -0.2) is 4.79 Å². The van der Waals surface area contributed by atoms with Gasteiger partial charge in [-0.1, -0.05) is 0 Å². The first kappa shape index (κ1) is 12.3. The highest BCUT2D eigenvalue weighted by atomic mass is 32.3. The molecule has 0 radical (unpaired) electrons. The number of nitrogens with one attached hydrogen (secondary N) is 2. The van der Waals surface area contributed by atoms with Crippen LogP contribution in [-0.2, 0) is 10.4 Å². The molecule has 0 bridgehead atoms. The Morgan fingerprint density at radius 2 is 1.57 bits per heavy atom. The Bertz CT molecular complexity index is 461. The molecule has 0 aliphatic carbocycles. The molecule has 0 aromatic carbocycles. The van der Waals surface area contributed by atoms with E-state index in [0.717, 1.165) is 6.07 Å². The molecule has 0 aliphatic rings. The fraction of sp³-hybridized carbons (Fsp3) is 0. The standard InChI is InChI=1S/C4H4N2O3.H2O4S/c7-2-1-3(8)6-4(9)5-2;1-5(2,3)4/h1H,(H3,5,6,7,8,9);(H2,1,2,3,4). The van der Waals surface area contributed by atoms with E-state index in [0.29, 0.717) is 0 Å². The van der Waals surface area contributed by atoms with E-state index in [4.69, 9.17) is 22.6 Å². The Labute approximate surface area is 76.6 Å². The van der Waals surface area contributed by atoms with Crippen LogP contribution in [0.5, 0.6) is 5.88 Å². The molecular weight excluding hydrogens is 220 g/mol. The van der Waals surface area contributed by atoms with E-state index in [9.17, 15) is 9.59 Å². The maximum absolute atomic E-state index is 10.3. The molecule has 9 nitrogen and oxygen atoms in total. The van der Waals surface area contributed by atoms with Crippen molar-refractivity contribution in [3.63, 3.8) is 0 Å². The smallest absolute Gasteiger partial charge is 0.394 e. The largest absolute Gasteiger partial charge is 0.494 e. The third-order valence-electron chi connectivity index (χ3n) is 0.746. The second kappa shape index (κ2) is 4.55. The summed E-state index contributed by atoms with van der Waals surface area (Å²) in [6.07, 6.45) is 0. The first-order valence-corrected chi connectivity index (χ1v) is 4.30. The van der Waals surface area contributed by atoms with Gasteiger partial charge in [0.25, 0.3) is 5.56 Å². The van der Waals surface area contributed by atoms with Gasteiger partial charge in [0.15, 0.2) is 5.88 Å². The Kier molecular flexibility index (Phi) is 4.01. The lowest BCUT2D eigenvalue weighted by Gasteiger charge is -1.84. The molecule has 5 N–H and O–H groups in total. The molecule has 0 saturated carbocycles. The quantitative estimate of drug-likeness (QED) is 0.323. The molecule has 1 aromatic heterocycles. The molecule has 1 rings (SSSR count). The molecule has 0 spiro atoms. The van der Waals surface area contributed by atoms with Crippen molar-refractivity contribution in [3.8, 4) is 5.88 Å². The number of aromatic nitrogens is 2. The molecule has 0 aliphatic heterocycles. The zero-order chi connectivity index (χ0) is 11.4. The lowest BCUT2D eigenvalue weighted by atomic mass is 10.6. The molecule has 14 heavy (non-hydrogen) atoms. The van der Waals surface area contributed by atoms with Crippen LogP contribution in [0.2, 0.25) is 0 Å². The Morgan fingerprint density at radius 3 is 1.86 bits per heavy atom. The molecule has 1 aromatic rings. The molecule has 0 atom stereocenters. The summed E-state index contributed by atoms with van der Waals surface area (Å²) >= 11 is 0. The summed E-state index contributed by atoms with van der Waals surface area (Å²) in [4.78, 5) is 24.4. The summed E-state index contributed by atoms with van der Waals surface area (Å²) in [7, 11) is -4.67. The highest BCUT2D eigenvalue weighted by Crippen LogP contribution is 1.87. The summed E-state index contributed by atoms with van der Waals surface area (Å²) < 4.78 is 31.6. The van der Waals surface area contributed by atoms with Crippen molar-refractivity contribution in [1.82, 2.24) is 9.97 Å². The third-order valence-corrected chi connectivity index (χ3v) is 0.746. The molecule has 0 saturated heterocycles. The first-order chi connectivity index (χ1) is 6.18. The van der Waals surface area contributed by atoms with Crippen molar-refractivity contribution in [2.75, 3.05) is 0 Å². The van der Waals surface area contributed by atoms with Crippen molar-refractivity contribution in [1.29, 1.82) is 0 Å². The predicted octanol–water partition coefficient (Wildman–Crippen LogP) is -1.88. The van der Waals surface area contributed by atoms with Crippen LogP contribution >= 0.6 is 0 Å². The van der Waals surface area contributed by atoms with Gasteiger partial charge in [-0.05, 0) is 0 Å². The van der Waals surface area contributed by atoms with Crippen LogP contribution in [0.4, 0.5) is 0 Å². The highest BCUT2D eigenvalue weighted by Gasteiger charge is 1.88. The minimum absolute atomic E-state index is 0.427. The zero-order valence-electron chi connectivity index (χ0n) is 6.46. The van der Waals surface area contributed by atoms with Crippen molar-refractivity contribution in [2.24, 2.45) is 0 Å². The normalized spacial score (nSPS) is 10.1. The van der Waals surface area contributed by atoms with E-state index in [2.05, 4.69) is 0 Å². The number of hydrogen-bond acceptors (Lipinski definition) is 5. The lowest BCUT2D eigenvalue weighted by Crippen LogP contribution is -2.19. The minimum atomic E-state index is -4.67. The SMILES string of the molecule is O=S(=O)(O)O.O=c1cc(O)[nH]c(=O)[nH]1. The van der Waals surface area contributed by atoms with E-state index in [1.54, 1.807) is 0 Å². The van der Waals surface area contributed by atoms with Crippen molar-refractivity contribution in [3.05, 3.63) is 26.9 Å². The maximum atomic E-state index is 10.3. The predicted molar refractivity (Wildman–Crippen MR) is 43.5 cm³/mol. The molecule has 1 heterocycles. The third kappa shape index (κ3) is 8.45. The van der Waals surface area contributed by atoms with E-state index in [-0.39, 0.29) is 0 Å². The monoisotopic (exact) mass is 226 g/mol.